The van der Waals surface area contributed by atoms with Gasteiger partial charge in [0.05, 0.1) is 18.3 Å². The molecule has 0 bridgehead atoms. The van der Waals surface area contributed by atoms with Crippen molar-refractivity contribution in [1.82, 2.24) is 4.90 Å². The second kappa shape index (κ2) is 9.50. The van der Waals surface area contributed by atoms with Crippen LogP contribution in [-0.4, -0.2) is 30.7 Å². The average molecular weight is 423 g/mol. The van der Waals surface area contributed by atoms with Gasteiger partial charge in [0.1, 0.15) is 0 Å². The zero-order valence-corrected chi connectivity index (χ0v) is 17.1. The molecule has 3 aromatic rings. The highest BCUT2D eigenvalue weighted by atomic mass is 19.4. The van der Waals surface area contributed by atoms with E-state index >= 15 is 0 Å². The van der Waals surface area contributed by atoms with Crippen molar-refractivity contribution in [3.63, 3.8) is 0 Å². The van der Waals surface area contributed by atoms with Crippen LogP contribution in [0.1, 0.15) is 22.3 Å². The normalized spacial score (nSPS) is 18.2. The van der Waals surface area contributed by atoms with Gasteiger partial charge in [-0.25, -0.2) is 0 Å². The summed E-state index contributed by atoms with van der Waals surface area (Å²) in [5, 5.41) is 0. The third-order valence-electron chi connectivity index (χ3n) is 5.43. The lowest BCUT2D eigenvalue weighted by Gasteiger charge is -2.34. The summed E-state index contributed by atoms with van der Waals surface area (Å²) >= 11 is 0. The third kappa shape index (κ3) is 5.43. The van der Waals surface area contributed by atoms with Gasteiger partial charge in [0, 0.05) is 19.6 Å². The topological polar surface area (TPSA) is 12.5 Å². The number of rotatable bonds is 5. The quantitative estimate of drug-likeness (QED) is 0.457. The molecule has 5 heteroatoms. The molecule has 0 N–H and O–H groups in total. The van der Waals surface area contributed by atoms with E-state index in [-0.39, 0.29) is 11.7 Å². The van der Waals surface area contributed by atoms with Crippen molar-refractivity contribution in [1.29, 1.82) is 0 Å². The summed E-state index contributed by atoms with van der Waals surface area (Å²) in [7, 11) is 0. The van der Waals surface area contributed by atoms with E-state index in [9.17, 15) is 13.2 Å². The molecule has 0 spiro atoms. The lowest BCUT2D eigenvalue weighted by molar-refractivity contribution is -0.137. The molecule has 1 fully saturated rings. The fraction of sp³-hybridized carbons (Fsp3) is 0.231. The standard InChI is InChI=1S/C26H24F3NO/c27-26(28,29)24-14-8-7-13-22(24)17-23(21-11-5-2-6-12-21)25-19-30(15-16-31-25)18-20-9-3-1-4-10-20/h1-14,17,25H,15-16,18-19H2/b23-17-. The van der Waals surface area contributed by atoms with Gasteiger partial charge in [0.2, 0.25) is 0 Å². The van der Waals surface area contributed by atoms with Gasteiger partial charge in [-0.3, -0.25) is 4.90 Å². The molecule has 0 radical (unpaired) electrons. The molecule has 1 atom stereocenters. The molecule has 2 nitrogen and oxygen atoms in total. The van der Waals surface area contributed by atoms with Crippen molar-refractivity contribution in [2.24, 2.45) is 0 Å². The number of ether oxygens (including phenoxy) is 1. The molecule has 0 aliphatic carbocycles. The first-order valence-corrected chi connectivity index (χ1v) is 10.3. The second-order valence-corrected chi connectivity index (χ2v) is 7.63. The van der Waals surface area contributed by atoms with Gasteiger partial charge in [0.25, 0.3) is 0 Å². The highest BCUT2D eigenvalue weighted by molar-refractivity contribution is 5.85. The summed E-state index contributed by atoms with van der Waals surface area (Å²) in [6.45, 7) is 2.71. The molecule has 160 valence electrons. The molecule has 1 aliphatic heterocycles. The predicted octanol–water partition coefficient (Wildman–Crippen LogP) is 6.15. The summed E-state index contributed by atoms with van der Waals surface area (Å²) in [5.41, 5.74) is 2.34. The van der Waals surface area contributed by atoms with E-state index in [4.69, 9.17) is 4.74 Å². The van der Waals surface area contributed by atoms with E-state index in [1.807, 2.05) is 48.5 Å². The molecule has 1 unspecified atom stereocenters. The Morgan fingerprint density at radius 3 is 2.26 bits per heavy atom. The van der Waals surface area contributed by atoms with Crippen LogP contribution < -0.4 is 0 Å². The highest BCUT2D eigenvalue weighted by Gasteiger charge is 2.33. The number of morpholine rings is 1. The summed E-state index contributed by atoms with van der Waals surface area (Å²) in [4.78, 5) is 2.29. The van der Waals surface area contributed by atoms with Gasteiger partial charge in [-0.1, -0.05) is 78.9 Å². The molecule has 31 heavy (non-hydrogen) atoms. The van der Waals surface area contributed by atoms with E-state index in [1.54, 1.807) is 12.1 Å². The Balaban J connectivity index is 1.67. The smallest absolute Gasteiger partial charge is 0.371 e. The van der Waals surface area contributed by atoms with Gasteiger partial charge < -0.3 is 4.74 Å². The first kappa shape index (κ1) is 21.3. The number of hydrogen-bond acceptors (Lipinski definition) is 2. The minimum atomic E-state index is -4.42. The van der Waals surface area contributed by atoms with E-state index in [2.05, 4.69) is 17.0 Å². The number of benzene rings is 3. The third-order valence-corrected chi connectivity index (χ3v) is 5.43. The number of nitrogens with zero attached hydrogens (tertiary/aromatic N) is 1. The average Bonchev–Trinajstić information content (AvgIpc) is 2.78. The SMILES string of the molecule is FC(F)(F)c1ccccc1/C=C(/c1ccccc1)C1CN(Cc2ccccc2)CCO1. The van der Waals surface area contributed by atoms with Gasteiger partial charge in [-0.05, 0) is 34.4 Å². The van der Waals surface area contributed by atoms with Crippen molar-refractivity contribution >= 4 is 11.6 Å². The van der Waals surface area contributed by atoms with Crippen LogP contribution in [0.15, 0.2) is 84.9 Å². The number of hydrogen-bond donors (Lipinski definition) is 0. The zero-order valence-electron chi connectivity index (χ0n) is 17.1. The first-order valence-electron chi connectivity index (χ1n) is 10.3. The summed E-state index contributed by atoms with van der Waals surface area (Å²) < 4.78 is 46.8. The van der Waals surface area contributed by atoms with Gasteiger partial charge in [-0.15, -0.1) is 0 Å². The second-order valence-electron chi connectivity index (χ2n) is 7.63. The molecular weight excluding hydrogens is 399 g/mol. The van der Waals surface area contributed by atoms with Gasteiger partial charge >= 0.3 is 6.18 Å². The van der Waals surface area contributed by atoms with E-state index in [1.165, 1.54) is 17.7 Å². The van der Waals surface area contributed by atoms with Crippen molar-refractivity contribution in [3.8, 4) is 0 Å². The van der Waals surface area contributed by atoms with E-state index in [0.29, 0.717) is 13.2 Å². The largest absolute Gasteiger partial charge is 0.416 e. The maximum atomic E-state index is 13.6. The fourth-order valence-electron chi connectivity index (χ4n) is 3.92. The molecule has 1 aliphatic rings. The molecular formula is C26H24F3NO. The van der Waals surface area contributed by atoms with Crippen LogP contribution >= 0.6 is 0 Å². The maximum Gasteiger partial charge on any atom is 0.416 e. The van der Waals surface area contributed by atoms with Crippen molar-refractivity contribution in [3.05, 3.63) is 107 Å². The molecule has 1 saturated heterocycles. The number of halogens is 3. The zero-order chi connectivity index (χ0) is 21.7. The molecule has 0 aromatic heterocycles. The number of alkyl halides is 3. The van der Waals surface area contributed by atoms with Gasteiger partial charge in [0.15, 0.2) is 0 Å². The Kier molecular flexibility index (Phi) is 6.54. The maximum absolute atomic E-state index is 13.6. The summed E-state index contributed by atoms with van der Waals surface area (Å²) in [6, 6.07) is 25.4. The van der Waals surface area contributed by atoms with Crippen LogP contribution in [0.2, 0.25) is 0 Å². The lowest BCUT2D eigenvalue weighted by atomic mass is 9.94. The lowest BCUT2D eigenvalue weighted by Crippen LogP contribution is -2.42. The van der Waals surface area contributed by atoms with Crippen LogP contribution in [0.3, 0.4) is 0 Å². The van der Waals surface area contributed by atoms with Crippen LogP contribution in [-0.2, 0) is 17.5 Å². The van der Waals surface area contributed by atoms with Crippen LogP contribution in [0, 0.1) is 0 Å². The minimum Gasteiger partial charge on any atom is -0.371 e. The Hall–Kier alpha value is -2.89. The summed E-state index contributed by atoms with van der Waals surface area (Å²) in [6.07, 6.45) is -3.10. The highest BCUT2D eigenvalue weighted by Crippen LogP contribution is 2.35. The molecule has 4 rings (SSSR count). The Morgan fingerprint density at radius 2 is 1.55 bits per heavy atom. The molecule has 0 saturated carbocycles. The van der Waals surface area contributed by atoms with Crippen LogP contribution in [0.25, 0.3) is 11.6 Å². The van der Waals surface area contributed by atoms with Crippen LogP contribution in [0.5, 0.6) is 0 Å². The Morgan fingerprint density at radius 1 is 0.903 bits per heavy atom. The van der Waals surface area contributed by atoms with Gasteiger partial charge in [-0.2, -0.15) is 13.2 Å². The van der Waals surface area contributed by atoms with Crippen molar-refractivity contribution in [2.75, 3.05) is 19.7 Å². The minimum absolute atomic E-state index is 0.151. The fourth-order valence-corrected chi connectivity index (χ4v) is 3.92. The predicted molar refractivity (Wildman–Crippen MR) is 117 cm³/mol. The van der Waals surface area contributed by atoms with Crippen LogP contribution in [0.4, 0.5) is 13.2 Å². The molecule has 1 heterocycles. The molecule has 0 amide bonds. The van der Waals surface area contributed by atoms with Crippen molar-refractivity contribution in [2.45, 2.75) is 18.8 Å². The van der Waals surface area contributed by atoms with E-state index < -0.39 is 11.7 Å². The van der Waals surface area contributed by atoms with E-state index in [0.717, 1.165) is 30.3 Å². The first-order chi connectivity index (χ1) is 15.0. The monoisotopic (exact) mass is 423 g/mol. The summed E-state index contributed by atoms with van der Waals surface area (Å²) in [5.74, 6) is 0. The molecule has 3 aromatic carbocycles. The Bertz CT molecular complexity index is 1020. The Labute approximate surface area is 180 Å². The van der Waals surface area contributed by atoms with Crippen molar-refractivity contribution < 1.29 is 17.9 Å².